The van der Waals surface area contributed by atoms with Crippen LogP contribution in [0.4, 0.5) is 10.8 Å². The number of aromatic nitrogens is 1. The molecular weight excluding hydrogens is 481 g/mol. The first kappa shape index (κ1) is 23.3. The number of thiazole rings is 1. The number of hydrogen-bond donors (Lipinski definition) is 2. The lowest BCUT2D eigenvalue weighted by atomic mass is 10.2. The standard InChI is InChI=1S/C20H19Cl2N3O4S2/c1-13-12-30-20(23-13)25-31(27,28)16-7-5-15(6-8-16)24-19(26)3-2-10-29-18-9-4-14(21)11-17(18)22/h4-9,11-12H,2-3,10H2,1H3,(H,23,25)(H,24,26). The Bertz CT molecular complexity index is 1170. The van der Waals surface area contributed by atoms with Gasteiger partial charge in [-0.05, 0) is 55.8 Å². The molecule has 0 aliphatic carbocycles. The monoisotopic (exact) mass is 499 g/mol. The third kappa shape index (κ3) is 6.83. The Balaban J connectivity index is 1.47. The summed E-state index contributed by atoms with van der Waals surface area (Å²) in [5.74, 6) is 0.294. The molecule has 11 heteroatoms. The number of halogens is 2. The molecule has 0 fully saturated rings. The fraction of sp³-hybridized carbons (Fsp3) is 0.200. The molecule has 0 radical (unpaired) electrons. The van der Waals surface area contributed by atoms with E-state index < -0.39 is 10.0 Å². The van der Waals surface area contributed by atoms with Gasteiger partial charge >= 0.3 is 0 Å². The van der Waals surface area contributed by atoms with E-state index >= 15 is 0 Å². The smallest absolute Gasteiger partial charge is 0.263 e. The number of benzene rings is 2. The average Bonchev–Trinajstić information content (AvgIpc) is 3.11. The number of amides is 1. The Labute approximate surface area is 194 Å². The van der Waals surface area contributed by atoms with Crippen LogP contribution in [-0.2, 0) is 14.8 Å². The molecule has 0 saturated heterocycles. The maximum Gasteiger partial charge on any atom is 0.263 e. The average molecular weight is 500 g/mol. The molecule has 0 aliphatic heterocycles. The molecule has 3 aromatic rings. The van der Waals surface area contributed by atoms with Crippen molar-refractivity contribution in [1.82, 2.24) is 4.98 Å². The van der Waals surface area contributed by atoms with E-state index in [9.17, 15) is 13.2 Å². The molecule has 0 aliphatic rings. The van der Waals surface area contributed by atoms with Crippen molar-refractivity contribution < 1.29 is 17.9 Å². The minimum absolute atomic E-state index is 0.0756. The molecule has 1 aromatic heterocycles. The highest BCUT2D eigenvalue weighted by molar-refractivity contribution is 7.93. The van der Waals surface area contributed by atoms with Gasteiger partial charge in [0, 0.05) is 22.5 Å². The zero-order chi connectivity index (χ0) is 22.4. The predicted octanol–water partition coefficient (Wildman–Crippen LogP) is 5.36. The van der Waals surface area contributed by atoms with Crippen molar-refractivity contribution in [3.63, 3.8) is 0 Å². The first-order chi connectivity index (χ1) is 14.7. The summed E-state index contributed by atoms with van der Waals surface area (Å²) < 4.78 is 32.8. The summed E-state index contributed by atoms with van der Waals surface area (Å²) in [6.07, 6.45) is 0.713. The van der Waals surface area contributed by atoms with Crippen LogP contribution in [0.3, 0.4) is 0 Å². The summed E-state index contributed by atoms with van der Waals surface area (Å²) in [7, 11) is -3.75. The lowest BCUT2D eigenvalue weighted by Gasteiger charge is -2.09. The van der Waals surface area contributed by atoms with Gasteiger partial charge in [0.2, 0.25) is 5.91 Å². The molecule has 0 unspecified atom stereocenters. The quantitative estimate of drug-likeness (QED) is 0.386. The van der Waals surface area contributed by atoms with Gasteiger partial charge in [-0.15, -0.1) is 11.3 Å². The van der Waals surface area contributed by atoms with E-state index in [-0.39, 0.29) is 17.2 Å². The number of aryl methyl sites for hydroxylation is 1. The van der Waals surface area contributed by atoms with Gasteiger partial charge in [0.1, 0.15) is 5.75 Å². The van der Waals surface area contributed by atoms with Crippen molar-refractivity contribution in [3.05, 3.63) is 63.6 Å². The van der Waals surface area contributed by atoms with E-state index in [1.54, 1.807) is 30.5 Å². The Morgan fingerprint density at radius 1 is 1.16 bits per heavy atom. The summed E-state index contributed by atoms with van der Waals surface area (Å²) in [4.78, 5) is 16.3. The lowest BCUT2D eigenvalue weighted by molar-refractivity contribution is -0.116. The van der Waals surface area contributed by atoms with Crippen LogP contribution in [0.25, 0.3) is 0 Å². The zero-order valence-electron chi connectivity index (χ0n) is 16.4. The fourth-order valence-electron chi connectivity index (χ4n) is 2.52. The topological polar surface area (TPSA) is 97.4 Å². The van der Waals surface area contributed by atoms with Crippen LogP contribution in [0.15, 0.2) is 52.7 Å². The lowest BCUT2D eigenvalue weighted by Crippen LogP contribution is -2.14. The molecular formula is C20H19Cl2N3O4S2. The number of sulfonamides is 1. The molecule has 1 amide bonds. The van der Waals surface area contributed by atoms with Crippen molar-refractivity contribution in [2.45, 2.75) is 24.7 Å². The highest BCUT2D eigenvalue weighted by Crippen LogP contribution is 2.27. The van der Waals surface area contributed by atoms with Gasteiger partial charge in [0.25, 0.3) is 10.0 Å². The van der Waals surface area contributed by atoms with Crippen molar-refractivity contribution >= 4 is 61.3 Å². The van der Waals surface area contributed by atoms with Crippen LogP contribution >= 0.6 is 34.5 Å². The van der Waals surface area contributed by atoms with Gasteiger partial charge in [-0.1, -0.05) is 23.2 Å². The van der Waals surface area contributed by atoms with Crippen LogP contribution < -0.4 is 14.8 Å². The summed E-state index contributed by atoms with van der Waals surface area (Å²) in [5.41, 5.74) is 1.23. The van der Waals surface area contributed by atoms with E-state index in [4.69, 9.17) is 27.9 Å². The largest absolute Gasteiger partial charge is 0.492 e. The zero-order valence-corrected chi connectivity index (χ0v) is 19.5. The van der Waals surface area contributed by atoms with Crippen LogP contribution in [0.5, 0.6) is 5.75 Å². The first-order valence-corrected chi connectivity index (χ1v) is 12.3. The molecule has 2 aromatic carbocycles. The van der Waals surface area contributed by atoms with Crippen molar-refractivity contribution in [3.8, 4) is 5.75 Å². The van der Waals surface area contributed by atoms with Gasteiger partial charge in [-0.25, -0.2) is 13.4 Å². The molecule has 7 nitrogen and oxygen atoms in total. The second kappa shape index (κ2) is 10.3. The SMILES string of the molecule is Cc1csc(NS(=O)(=O)c2ccc(NC(=O)CCCOc3ccc(Cl)cc3Cl)cc2)n1. The number of carbonyl (C=O) groups is 1. The van der Waals surface area contributed by atoms with Gasteiger partial charge in [0.15, 0.2) is 5.13 Å². The van der Waals surface area contributed by atoms with Gasteiger partial charge in [0.05, 0.1) is 22.2 Å². The third-order valence-corrected chi connectivity index (χ3v) is 6.88. The minimum atomic E-state index is -3.75. The number of nitrogens with one attached hydrogen (secondary N) is 2. The van der Waals surface area contributed by atoms with E-state index in [1.807, 2.05) is 0 Å². The summed E-state index contributed by atoms with van der Waals surface area (Å²) >= 11 is 13.1. The molecule has 1 heterocycles. The maximum atomic E-state index is 12.4. The fourth-order valence-corrected chi connectivity index (χ4v) is 4.93. The number of rotatable bonds is 9. The molecule has 2 N–H and O–H groups in total. The summed E-state index contributed by atoms with van der Waals surface area (Å²) in [6.45, 7) is 2.10. The van der Waals surface area contributed by atoms with Crippen molar-refractivity contribution in [1.29, 1.82) is 0 Å². The Morgan fingerprint density at radius 2 is 1.90 bits per heavy atom. The number of hydrogen-bond acceptors (Lipinski definition) is 6. The van der Waals surface area contributed by atoms with Crippen molar-refractivity contribution in [2.75, 3.05) is 16.6 Å². The predicted molar refractivity (Wildman–Crippen MR) is 124 cm³/mol. The van der Waals surface area contributed by atoms with Crippen LogP contribution in [0.1, 0.15) is 18.5 Å². The molecule has 31 heavy (non-hydrogen) atoms. The third-order valence-electron chi connectivity index (χ3n) is 3.99. The number of anilines is 2. The first-order valence-electron chi connectivity index (χ1n) is 9.16. The van der Waals surface area contributed by atoms with Crippen molar-refractivity contribution in [2.24, 2.45) is 0 Å². The molecule has 3 rings (SSSR count). The normalized spacial score (nSPS) is 11.2. The number of nitrogens with zero attached hydrogens (tertiary/aromatic N) is 1. The summed E-state index contributed by atoms with van der Waals surface area (Å²) in [5, 5.41) is 5.71. The highest BCUT2D eigenvalue weighted by Gasteiger charge is 2.16. The molecule has 0 saturated carbocycles. The van der Waals surface area contributed by atoms with Crippen LogP contribution in [-0.4, -0.2) is 25.9 Å². The minimum Gasteiger partial charge on any atom is -0.492 e. The van der Waals surface area contributed by atoms with Gasteiger partial charge in [-0.3, -0.25) is 9.52 Å². The molecule has 0 bridgehead atoms. The van der Waals surface area contributed by atoms with Gasteiger partial charge in [-0.2, -0.15) is 0 Å². The van der Waals surface area contributed by atoms with Crippen LogP contribution in [0, 0.1) is 6.92 Å². The second-order valence-corrected chi connectivity index (χ2v) is 9.88. The Hall–Kier alpha value is -2.33. The van der Waals surface area contributed by atoms with E-state index in [0.717, 1.165) is 5.69 Å². The van der Waals surface area contributed by atoms with E-state index in [0.29, 0.717) is 39.6 Å². The molecule has 164 valence electrons. The number of ether oxygens (including phenoxy) is 1. The Kier molecular flexibility index (Phi) is 7.77. The number of carbonyl (C=O) groups excluding carboxylic acids is 1. The maximum absolute atomic E-state index is 12.4. The van der Waals surface area contributed by atoms with E-state index in [2.05, 4.69) is 15.0 Å². The van der Waals surface area contributed by atoms with Crippen LogP contribution in [0.2, 0.25) is 10.0 Å². The Morgan fingerprint density at radius 3 is 2.55 bits per heavy atom. The van der Waals surface area contributed by atoms with E-state index in [1.165, 1.54) is 35.6 Å². The highest BCUT2D eigenvalue weighted by atomic mass is 35.5. The molecule has 0 atom stereocenters. The second-order valence-electron chi connectivity index (χ2n) is 6.50. The summed E-state index contributed by atoms with van der Waals surface area (Å²) in [6, 6.07) is 10.8. The molecule has 0 spiro atoms. The van der Waals surface area contributed by atoms with Gasteiger partial charge < -0.3 is 10.1 Å².